The molecule has 116 valence electrons. The second-order valence-corrected chi connectivity index (χ2v) is 5.31. The molecule has 1 aromatic carbocycles. The third-order valence-corrected chi connectivity index (χ3v) is 3.53. The van der Waals surface area contributed by atoms with Crippen LogP contribution in [-0.2, 0) is 30.8 Å². The minimum absolute atomic E-state index is 0.0918. The van der Waals surface area contributed by atoms with Gasteiger partial charge in [-0.2, -0.15) is 26.3 Å². The van der Waals surface area contributed by atoms with Gasteiger partial charge in [-0.3, -0.25) is 0 Å². The van der Waals surface area contributed by atoms with Crippen molar-refractivity contribution < 1.29 is 44.8 Å². The molecule has 3 heterocycles. The number of hydrogen-bond donors (Lipinski definition) is 0. The van der Waals surface area contributed by atoms with Crippen LogP contribution in [0.2, 0.25) is 0 Å². The van der Waals surface area contributed by atoms with E-state index in [4.69, 9.17) is 0 Å². The van der Waals surface area contributed by atoms with Crippen molar-refractivity contribution in [3.63, 3.8) is 0 Å². The average molecular weight is 336 g/mol. The largest absolute Gasteiger partial charge is 0.538 e. The molecule has 2 bridgehead atoms. The second-order valence-electron chi connectivity index (χ2n) is 3.93. The standard InChI is InChI=1S/C8H3F6N2O4P/c9-7(10,11)4-1-2-6(5(3-4)8(12,13)14)15-16-19-21(17,18-15)20-16/h1-3H. The van der Waals surface area contributed by atoms with Crippen molar-refractivity contribution in [2.24, 2.45) is 0 Å². The summed E-state index contributed by atoms with van der Waals surface area (Å²) >= 11 is 0. The third-order valence-electron chi connectivity index (χ3n) is 2.50. The van der Waals surface area contributed by atoms with E-state index in [0.717, 1.165) is 0 Å². The molecule has 0 aliphatic carbocycles. The van der Waals surface area contributed by atoms with E-state index in [9.17, 15) is 30.9 Å². The van der Waals surface area contributed by atoms with Crippen molar-refractivity contribution in [3.8, 4) is 0 Å². The summed E-state index contributed by atoms with van der Waals surface area (Å²) < 4.78 is 101. The molecule has 0 radical (unpaired) electrons. The monoisotopic (exact) mass is 336 g/mol. The van der Waals surface area contributed by atoms with Crippen LogP contribution < -0.4 is 5.17 Å². The minimum Gasteiger partial charge on any atom is -0.222 e. The Morgan fingerprint density at radius 1 is 0.952 bits per heavy atom. The highest BCUT2D eigenvalue weighted by Crippen LogP contribution is 2.67. The van der Waals surface area contributed by atoms with Crippen molar-refractivity contribution in [2.45, 2.75) is 12.4 Å². The Labute approximate surface area is 111 Å². The number of alkyl halides is 6. The molecule has 0 N–H and O–H groups in total. The summed E-state index contributed by atoms with van der Waals surface area (Å²) in [6, 6.07) is 0.832. The van der Waals surface area contributed by atoms with Gasteiger partial charge in [-0.05, 0) is 18.2 Å². The maximum atomic E-state index is 12.9. The number of rotatable bonds is 1. The molecule has 0 saturated carbocycles. The number of anilines is 1. The van der Waals surface area contributed by atoms with E-state index in [0.29, 0.717) is 12.1 Å². The van der Waals surface area contributed by atoms with E-state index in [1.165, 1.54) is 0 Å². The lowest BCUT2D eigenvalue weighted by molar-refractivity contribution is -0.319. The first-order chi connectivity index (χ1) is 9.50. The number of fused-ring (bicyclic) bond motifs is 1. The number of phosphoric acid groups is 1. The summed E-state index contributed by atoms with van der Waals surface area (Å²) in [6.07, 6.45) is -10.1. The van der Waals surface area contributed by atoms with Crippen LogP contribution in [-0.4, -0.2) is 5.34 Å². The molecule has 1 aromatic rings. The van der Waals surface area contributed by atoms with Crippen LogP contribution in [0.3, 0.4) is 0 Å². The fourth-order valence-corrected chi connectivity index (χ4v) is 2.52. The van der Waals surface area contributed by atoms with Gasteiger partial charge in [0.05, 0.1) is 16.5 Å². The van der Waals surface area contributed by atoms with Crippen molar-refractivity contribution in [3.05, 3.63) is 29.3 Å². The molecular weight excluding hydrogens is 333 g/mol. The molecule has 0 aromatic heterocycles. The van der Waals surface area contributed by atoms with Gasteiger partial charge in [0.2, 0.25) is 0 Å². The average Bonchev–Trinajstić information content (AvgIpc) is 2.79. The Kier molecular flexibility index (Phi) is 2.86. The molecule has 3 aliphatic heterocycles. The summed E-state index contributed by atoms with van der Waals surface area (Å²) in [6.45, 7) is 0. The Balaban J connectivity index is 2.07. The lowest BCUT2D eigenvalue weighted by Gasteiger charge is -2.24. The van der Waals surface area contributed by atoms with Gasteiger partial charge in [0.15, 0.2) is 0 Å². The van der Waals surface area contributed by atoms with Crippen molar-refractivity contribution >= 4 is 13.5 Å². The van der Waals surface area contributed by atoms with Gasteiger partial charge in [0.1, 0.15) is 5.69 Å². The number of hydrogen-bond acceptors (Lipinski definition) is 6. The lowest BCUT2D eigenvalue weighted by atomic mass is 10.1. The van der Waals surface area contributed by atoms with Gasteiger partial charge in [-0.25, -0.2) is 4.57 Å². The predicted molar refractivity (Wildman–Crippen MR) is 51.6 cm³/mol. The first-order valence-corrected chi connectivity index (χ1v) is 6.53. The Morgan fingerprint density at radius 2 is 1.57 bits per heavy atom. The Bertz CT molecular complexity index is 637. The predicted octanol–water partition coefficient (Wildman–Crippen LogP) is 3.68. The highest BCUT2D eigenvalue weighted by atomic mass is 31.2. The Hall–Kier alpha value is -1.33. The fourth-order valence-electron chi connectivity index (χ4n) is 1.64. The van der Waals surface area contributed by atoms with Gasteiger partial charge in [0, 0.05) is 0 Å². The number of benzene rings is 1. The van der Waals surface area contributed by atoms with E-state index in [-0.39, 0.29) is 16.6 Å². The highest BCUT2D eigenvalue weighted by molar-refractivity contribution is 7.49. The van der Waals surface area contributed by atoms with Gasteiger partial charge in [0.25, 0.3) is 0 Å². The summed E-state index contributed by atoms with van der Waals surface area (Å²) in [5, 5.41) is 0.461. The van der Waals surface area contributed by atoms with E-state index in [1.807, 2.05) is 0 Å². The van der Waals surface area contributed by atoms with Crippen LogP contribution >= 0.6 is 7.82 Å². The smallest absolute Gasteiger partial charge is 0.222 e. The molecule has 3 saturated heterocycles. The van der Waals surface area contributed by atoms with Crippen LogP contribution in [0.15, 0.2) is 18.2 Å². The molecular formula is C8H3F6N2O4P. The van der Waals surface area contributed by atoms with Crippen LogP contribution in [0.5, 0.6) is 0 Å². The zero-order valence-corrected chi connectivity index (χ0v) is 10.4. The van der Waals surface area contributed by atoms with Crippen molar-refractivity contribution in [1.29, 1.82) is 0 Å². The SMILES string of the molecule is O=P12ON(O1)N(c1ccc(C(F)(F)F)cc1C(F)(F)F)O2. The molecule has 21 heavy (non-hydrogen) atoms. The van der Waals surface area contributed by atoms with E-state index >= 15 is 0 Å². The maximum absolute atomic E-state index is 12.9. The molecule has 0 amide bonds. The molecule has 3 aliphatic rings. The quantitative estimate of drug-likeness (QED) is 0.576. The number of halogens is 6. The summed E-state index contributed by atoms with van der Waals surface area (Å²) in [5.41, 5.74) is -4.00. The third kappa shape index (κ3) is 2.38. The van der Waals surface area contributed by atoms with Crippen LogP contribution in [0.25, 0.3) is 0 Å². The summed E-state index contributed by atoms with van der Waals surface area (Å²) in [5.74, 6) is 0. The molecule has 4 rings (SSSR count). The Morgan fingerprint density at radius 3 is 2.00 bits per heavy atom. The van der Waals surface area contributed by atoms with E-state index in [1.54, 1.807) is 0 Å². The molecule has 0 spiro atoms. The van der Waals surface area contributed by atoms with E-state index < -0.39 is 37.0 Å². The van der Waals surface area contributed by atoms with Crippen molar-refractivity contribution in [2.75, 3.05) is 5.17 Å². The topological polar surface area (TPSA) is 51.2 Å². The zero-order valence-electron chi connectivity index (χ0n) is 9.47. The summed E-state index contributed by atoms with van der Waals surface area (Å²) in [7, 11) is -3.98. The zero-order chi connectivity index (χ0) is 15.6. The maximum Gasteiger partial charge on any atom is 0.538 e. The lowest BCUT2D eigenvalue weighted by Crippen LogP contribution is -2.35. The van der Waals surface area contributed by atoms with Crippen LogP contribution in [0, 0.1) is 0 Å². The second kappa shape index (κ2) is 4.11. The van der Waals surface area contributed by atoms with Crippen molar-refractivity contribution in [1.82, 2.24) is 5.34 Å². The van der Waals surface area contributed by atoms with Gasteiger partial charge in [-0.15, -0.1) is 19.0 Å². The fraction of sp³-hybridized carbons (Fsp3) is 0.250. The van der Waals surface area contributed by atoms with Gasteiger partial charge < -0.3 is 0 Å². The van der Waals surface area contributed by atoms with E-state index in [2.05, 4.69) is 13.9 Å². The number of hydrazine groups is 1. The number of nitrogens with zero attached hydrogens (tertiary/aromatic N) is 2. The minimum atomic E-state index is -5.11. The molecule has 6 nitrogen and oxygen atoms in total. The first-order valence-electron chi connectivity index (χ1n) is 5.07. The summed E-state index contributed by atoms with van der Waals surface area (Å²) in [4.78, 5) is 0. The molecule has 0 unspecified atom stereocenters. The molecule has 0 atom stereocenters. The molecule has 13 heteroatoms. The van der Waals surface area contributed by atoms with Crippen LogP contribution in [0.4, 0.5) is 32.0 Å². The highest BCUT2D eigenvalue weighted by Gasteiger charge is 2.61. The molecule has 3 fully saturated rings. The van der Waals surface area contributed by atoms with Crippen LogP contribution in [0.1, 0.15) is 11.1 Å². The normalized spacial score (nSPS) is 28.7. The first kappa shape index (κ1) is 14.6. The van der Waals surface area contributed by atoms with Gasteiger partial charge >= 0.3 is 20.2 Å². The van der Waals surface area contributed by atoms with Gasteiger partial charge in [-0.1, -0.05) is 0 Å².